The molecular formula is C20H18N2O3S. The zero-order valence-electron chi connectivity index (χ0n) is 14.4. The topological polar surface area (TPSA) is 67.4 Å². The van der Waals surface area contributed by atoms with Gasteiger partial charge < -0.3 is 15.4 Å². The van der Waals surface area contributed by atoms with E-state index in [-0.39, 0.29) is 11.8 Å². The molecule has 6 heteroatoms. The Balaban J connectivity index is 1.74. The van der Waals surface area contributed by atoms with Crippen LogP contribution in [0.1, 0.15) is 25.6 Å². The molecule has 3 aromatic rings. The van der Waals surface area contributed by atoms with E-state index in [2.05, 4.69) is 10.6 Å². The minimum Gasteiger partial charge on any atom is -0.497 e. The van der Waals surface area contributed by atoms with Gasteiger partial charge in [0, 0.05) is 16.9 Å². The molecule has 26 heavy (non-hydrogen) atoms. The SMILES string of the molecule is COc1ccc(C(=O)Nc2cc(NC(=O)c3cccs3)ccc2C)cc1. The van der Waals surface area contributed by atoms with Crippen LogP contribution in [0.2, 0.25) is 0 Å². The Hall–Kier alpha value is -3.12. The molecular weight excluding hydrogens is 348 g/mol. The van der Waals surface area contributed by atoms with Crippen LogP contribution in [0, 0.1) is 6.92 Å². The summed E-state index contributed by atoms with van der Waals surface area (Å²) in [7, 11) is 1.58. The van der Waals surface area contributed by atoms with Gasteiger partial charge in [0.05, 0.1) is 12.0 Å². The number of hydrogen-bond acceptors (Lipinski definition) is 4. The molecule has 3 rings (SSSR count). The first-order valence-electron chi connectivity index (χ1n) is 7.98. The summed E-state index contributed by atoms with van der Waals surface area (Å²) in [6.07, 6.45) is 0. The van der Waals surface area contributed by atoms with E-state index in [0.29, 0.717) is 27.6 Å². The Labute approximate surface area is 155 Å². The highest BCUT2D eigenvalue weighted by molar-refractivity contribution is 7.12. The third kappa shape index (κ3) is 4.10. The third-order valence-corrected chi connectivity index (χ3v) is 4.71. The van der Waals surface area contributed by atoms with Gasteiger partial charge in [0.15, 0.2) is 0 Å². The Bertz CT molecular complexity index is 919. The smallest absolute Gasteiger partial charge is 0.265 e. The van der Waals surface area contributed by atoms with E-state index in [1.165, 1.54) is 11.3 Å². The van der Waals surface area contributed by atoms with Crippen LogP contribution in [-0.2, 0) is 0 Å². The van der Waals surface area contributed by atoms with E-state index >= 15 is 0 Å². The number of aryl methyl sites for hydroxylation is 1. The fraction of sp³-hybridized carbons (Fsp3) is 0.100. The lowest BCUT2D eigenvalue weighted by Crippen LogP contribution is -2.14. The van der Waals surface area contributed by atoms with Gasteiger partial charge in [0.2, 0.25) is 0 Å². The maximum atomic E-state index is 12.4. The van der Waals surface area contributed by atoms with Crippen LogP contribution in [0.25, 0.3) is 0 Å². The van der Waals surface area contributed by atoms with Gasteiger partial charge in [0.1, 0.15) is 5.75 Å². The first kappa shape index (κ1) is 17.7. The zero-order valence-corrected chi connectivity index (χ0v) is 15.2. The van der Waals surface area contributed by atoms with Gasteiger partial charge in [-0.15, -0.1) is 11.3 Å². The van der Waals surface area contributed by atoms with Gasteiger partial charge in [-0.25, -0.2) is 0 Å². The number of ether oxygens (including phenoxy) is 1. The lowest BCUT2D eigenvalue weighted by molar-refractivity contribution is 0.102. The van der Waals surface area contributed by atoms with Crippen molar-refractivity contribution in [3.8, 4) is 5.75 Å². The first-order valence-corrected chi connectivity index (χ1v) is 8.85. The molecule has 0 fully saturated rings. The van der Waals surface area contributed by atoms with Crippen LogP contribution in [0.3, 0.4) is 0 Å². The molecule has 0 saturated carbocycles. The second-order valence-electron chi connectivity index (χ2n) is 5.64. The maximum Gasteiger partial charge on any atom is 0.265 e. The molecule has 2 amide bonds. The summed E-state index contributed by atoms with van der Waals surface area (Å²) in [6, 6.07) is 15.9. The van der Waals surface area contributed by atoms with Crippen molar-refractivity contribution in [1.29, 1.82) is 0 Å². The predicted molar refractivity (Wildman–Crippen MR) is 104 cm³/mol. The Morgan fingerprint density at radius 2 is 1.73 bits per heavy atom. The largest absolute Gasteiger partial charge is 0.497 e. The molecule has 1 heterocycles. The Morgan fingerprint density at radius 1 is 0.962 bits per heavy atom. The van der Waals surface area contributed by atoms with E-state index in [1.54, 1.807) is 43.5 Å². The van der Waals surface area contributed by atoms with E-state index < -0.39 is 0 Å². The average molecular weight is 366 g/mol. The van der Waals surface area contributed by atoms with Crippen molar-refractivity contribution in [1.82, 2.24) is 0 Å². The summed E-state index contributed by atoms with van der Waals surface area (Å²) in [5.74, 6) is 0.296. The molecule has 0 spiro atoms. The van der Waals surface area contributed by atoms with Crippen LogP contribution >= 0.6 is 11.3 Å². The van der Waals surface area contributed by atoms with Crippen LogP contribution in [0.5, 0.6) is 5.75 Å². The summed E-state index contributed by atoms with van der Waals surface area (Å²) >= 11 is 1.38. The summed E-state index contributed by atoms with van der Waals surface area (Å²) in [6.45, 7) is 1.90. The number of anilines is 2. The van der Waals surface area contributed by atoms with Gasteiger partial charge in [-0.3, -0.25) is 9.59 Å². The summed E-state index contributed by atoms with van der Waals surface area (Å²) in [5.41, 5.74) is 2.70. The van der Waals surface area contributed by atoms with E-state index in [1.807, 2.05) is 30.5 Å². The Morgan fingerprint density at radius 3 is 2.38 bits per heavy atom. The lowest BCUT2D eigenvalue weighted by atomic mass is 10.1. The number of hydrogen-bond donors (Lipinski definition) is 2. The van der Waals surface area contributed by atoms with Crippen molar-refractivity contribution in [3.63, 3.8) is 0 Å². The number of carbonyl (C=O) groups excluding carboxylic acids is 2. The van der Waals surface area contributed by atoms with Gasteiger partial charge in [-0.05, 0) is 60.3 Å². The molecule has 0 radical (unpaired) electrons. The second kappa shape index (κ2) is 7.84. The molecule has 0 aliphatic rings. The molecule has 1 aromatic heterocycles. The highest BCUT2D eigenvalue weighted by Crippen LogP contribution is 2.22. The molecule has 0 saturated heterocycles. The highest BCUT2D eigenvalue weighted by atomic mass is 32.1. The van der Waals surface area contributed by atoms with E-state index in [0.717, 1.165) is 5.56 Å². The van der Waals surface area contributed by atoms with Crippen molar-refractivity contribution in [3.05, 3.63) is 76.0 Å². The second-order valence-corrected chi connectivity index (χ2v) is 6.59. The highest BCUT2D eigenvalue weighted by Gasteiger charge is 2.11. The number of rotatable bonds is 5. The zero-order chi connectivity index (χ0) is 18.5. The predicted octanol–water partition coefficient (Wildman–Crippen LogP) is 4.57. The normalized spacial score (nSPS) is 10.2. The first-order chi connectivity index (χ1) is 12.6. The molecule has 2 aromatic carbocycles. The standard InChI is InChI=1S/C20H18N2O3S/c1-13-5-8-15(21-20(24)18-4-3-11-26-18)12-17(13)22-19(23)14-6-9-16(25-2)10-7-14/h3-12H,1-2H3,(H,21,24)(H,22,23). The number of benzene rings is 2. The van der Waals surface area contributed by atoms with Gasteiger partial charge in [-0.1, -0.05) is 12.1 Å². The molecule has 0 unspecified atom stereocenters. The number of amides is 2. The molecule has 0 atom stereocenters. The molecule has 132 valence electrons. The van der Waals surface area contributed by atoms with Crippen LogP contribution in [0.4, 0.5) is 11.4 Å². The van der Waals surface area contributed by atoms with Crippen molar-refractivity contribution in [2.45, 2.75) is 6.92 Å². The molecule has 0 bridgehead atoms. The summed E-state index contributed by atoms with van der Waals surface area (Å²) < 4.78 is 5.10. The van der Waals surface area contributed by atoms with E-state index in [9.17, 15) is 9.59 Å². The molecule has 0 aliphatic heterocycles. The molecule has 2 N–H and O–H groups in total. The van der Waals surface area contributed by atoms with Crippen molar-refractivity contribution in [2.24, 2.45) is 0 Å². The number of nitrogens with one attached hydrogen (secondary N) is 2. The Kier molecular flexibility index (Phi) is 5.34. The van der Waals surface area contributed by atoms with Crippen molar-refractivity contribution >= 4 is 34.5 Å². The number of thiophene rings is 1. The quantitative estimate of drug-likeness (QED) is 0.695. The van der Waals surface area contributed by atoms with Crippen LogP contribution in [0.15, 0.2) is 60.0 Å². The monoisotopic (exact) mass is 366 g/mol. The number of methoxy groups -OCH3 is 1. The maximum absolute atomic E-state index is 12.4. The fourth-order valence-corrected chi connectivity index (χ4v) is 2.99. The minimum atomic E-state index is -0.225. The van der Waals surface area contributed by atoms with Crippen molar-refractivity contribution < 1.29 is 14.3 Å². The van der Waals surface area contributed by atoms with Gasteiger partial charge in [-0.2, -0.15) is 0 Å². The third-order valence-electron chi connectivity index (χ3n) is 3.84. The minimum absolute atomic E-state index is 0.170. The lowest BCUT2D eigenvalue weighted by Gasteiger charge is -2.12. The van der Waals surface area contributed by atoms with Gasteiger partial charge >= 0.3 is 0 Å². The summed E-state index contributed by atoms with van der Waals surface area (Å²) in [4.78, 5) is 25.3. The average Bonchev–Trinajstić information content (AvgIpc) is 3.19. The van der Waals surface area contributed by atoms with Crippen LogP contribution < -0.4 is 15.4 Å². The van der Waals surface area contributed by atoms with Crippen molar-refractivity contribution in [2.75, 3.05) is 17.7 Å². The number of carbonyl (C=O) groups is 2. The summed E-state index contributed by atoms with van der Waals surface area (Å²) in [5, 5.41) is 7.58. The van der Waals surface area contributed by atoms with Gasteiger partial charge in [0.25, 0.3) is 11.8 Å². The molecule has 5 nitrogen and oxygen atoms in total. The molecule has 0 aliphatic carbocycles. The van der Waals surface area contributed by atoms with Crippen LogP contribution in [-0.4, -0.2) is 18.9 Å². The fourth-order valence-electron chi connectivity index (χ4n) is 2.37. The van der Waals surface area contributed by atoms with E-state index in [4.69, 9.17) is 4.74 Å².